The lowest BCUT2D eigenvalue weighted by molar-refractivity contribution is 0.243. The first-order valence-corrected chi connectivity index (χ1v) is 8.44. The molecule has 0 unspecified atom stereocenters. The molecule has 1 aliphatic heterocycles. The van der Waals surface area contributed by atoms with Gasteiger partial charge in [0, 0.05) is 32.7 Å². The highest BCUT2D eigenvalue weighted by molar-refractivity contribution is 5.31. The molecular formula is C18H28N2. The number of nitrogens with one attached hydrogen (secondary N) is 1. The fourth-order valence-electron chi connectivity index (χ4n) is 3.79. The molecule has 20 heavy (non-hydrogen) atoms. The molecular weight excluding hydrogens is 244 g/mol. The molecule has 0 bridgehead atoms. The van der Waals surface area contributed by atoms with Crippen molar-refractivity contribution in [1.82, 2.24) is 10.2 Å². The number of rotatable bonds is 4. The first kappa shape index (κ1) is 14.1. The van der Waals surface area contributed by atoms with Crippen molar-refractivity contribution >= 4 is 0 Å². The van der Waals surface area contributed by atoms with Crippen LogP contribution < -0.4 is 5.32 Å². The number of piperazine rings is 1. The van der Waals surface area contributed by atoms with Crippen LogP contribution in [0.3, 0.4) is 0 Å². The second-order valence-corrected chi connectivity index (χ2v) is 6.38. The van der Waals surface area contributed by atoms with Crippen molar-refractivity contribution in [2.45, 2.75) is 44.4 Å². The Morgan fingerprint density at radius 2 is 1.75 bits per heavy atom. The first-order chi connectivity index (χ1) is 9.93. The van der Waals surface area contributed by atoms with Crippen LogP contribution in [-0.4, -0.2) is 37.6 Å². The lowest BCUT2D eigenvalue weighted by atomic mass is 9.81. The van der Waals surface area contributed by atoms with Crippen LogP contribution in [-0.2, 0) is 6.42 Å². The van der Waals surface area contributed by atoms with Gasteiger partial charge in [-0.15, -0.1) is 0 Å². The maximum atomic E-state index is 3.43. The molecule has 1 saturated carbocycles. The largest absolute Gasteiger partial charge is 0.314 e. The fraction of sp³-hybridized carbons (Fsp3) is 0.667. The summed E-state index contributed by atoms with van der Waals surface area (Å²) in [5.74, 6) is 0.836. The Morgan fingerprint density at radius 1 is 1.00 bits per heavy atom. The van der Waals surface area contributed by atoms with Gasteiger partial charge in [-0.1, -0.05) is 43.5 Å². The number of benzene rings is 1. The van der Waals surface area contributed by atoms with Crippen LogP contribution in [0.5, 0.6) is 0 Å². The van der Waals surface area contributed by atoms with Gasteiger partial charge >= 0.3 is 0 Å². The van der Waals surface area contributed by atoms with Gasteiger partial charge in [0.05, 0.1) is 0 Å². The van der Waals surface area contributed by atoms with Crippen molar-refractivity contribution in [3.8, 4) is 0 Å². The van der Waals surface area contributed by atoms with E-state index in [2.05, 4.69) is 34.5 Å². The molecule has 0 amide bonds. The van der Waals surface area contributed by atoms with E-state index in [1.807, 2.05) is 0 Å². The summed E-state index contributed by atoms with van der Waals surface area (Å²) >= 11 is 0. The number of hydrogen-bond donors (Lipinski definition) is 1. The maximum Gasteiger partial charge on any atom is 0.0108 e. The van der Waals surface area contributed by atoms with Crippen molar-refractivity contribution in [2.75, 3.05) is 32.7 Å². The summed E-state index contributed by atoms with van der Waals surface area (Å²) in [7, 11) is 0. The molecule has 110 valence electrons. The molecule has 2 fully saturated rings. The second-order valence-electron chi connectivity index (χ2n) is 6.38. The van der Waals surface area contributed by atoms with Gasteiger partial charge < -0.3 is 10.2 Å². The van der Waals surface area contributed by atoms with Crippen LogP contribution in [0.15, 0.2) is 24.3 Å². The Hall–Kier alpha value is -0.860. The van der Waals surface area contributed by atoms with E-state index >= 15 is 0 Å². The van der Waals surface area contributed by atoms with Gasteiger partial charge in [-0.05, 0) is 36.3 Å². The minimum absolute atomic E-state index is 0.836. The van der Waals surface area contributed by atoms with E-state index in [0.29, 0.717) is 0 Å². The van der Waals surface area contributed by atoms with E-state index in [1.165, 1.54) is 58.2 Å². The highest BCUT2D eigenvalue weighted by atomic mass is 15.2. The van der Waals surface area contributed by atoms with Crippen LogP contribution in [0.2, 0.25) is 0 Å². The lowest BCUT2D eigenvalue weighted by Gasteiger charge is -2.28. The molecule has 1 saturated heterocycles. The van der Waals surface area contributed by atoms with Gasteiger partial charge in [-0.3, -0.25) is 0 Å². The summed E-state index contributed by atoms with van der Waals surface area (Å²) in [6.45, 7) is 5.97. The summed E-state index contributed by atoms with van der Waals surface area (Å²) in [6.07, 6.45) is 8.34. The number of hydrogen-bond acceptors (Lipinski definition) is 2. The zero-order valence-corrected chi connectivity index (χ0v) is 12.6. The average molecular weight is 272 g/mol. The zero-order valence-electron chi connectivity index (χ0n) is 12.6. The van der Waals surface area contributed by atoms with Gasteiger partial charge in [0.15, 0.2) is 0 Å². The quantitative estimate of drug-likeness (QED) is 0.905. The fourth-order valence-corrected chi connectivity index (χ4v) is 3.79. The van der Waals surface area contributed by atoms with Crippen molar-refractivity contribution in [3.63, 3.8) is 0 Å². The molecule has 2 nitrogen and oxygen atoms in total. The normalized spacial score (nSPS) is 22.0. The van der Waals surface area contributed by atoms with E-state index in [1.54, 1.807) is 11.1 Å². The molecule has 1 N–H and O–H groups in total. The third kappa shape index (κ3) is 3.62. The number of nitrogens with zero attached hydrogens (tertiary/aromatic N) is 1. The summed E-state index contributed by atoms with van der Waals surface area (Å²) in [4.78, 5) is 2.61. The van der Waals surface area contributed by atoms with Crippen LogP contribution in [0, 0.1) is 0 Å². The Morgan fingerprint density at radius 3 is 2.55 bits per heavy atom. The van der Waals surface area contributed by atoms with Gasteiger partial charge in [0.2, 0.25) is 0 Å². The van der Waals surface area contributed by atoms with Crippen molar-refractivity contribution < 1.29 is 0 Å². The molecule has 0 radical (unpaired) electrons. The van der Waals surface area contributed by atoms with Crippen molar-refractivity contribution in [3.05, 3.63) is 35.4 Å². The third-order valence-electron chi connectivity index (χ3n) is 5.01. The maximum absolute atomic E-state index is 3.43. The third-order valence-corrected chi connectivity index (χ3v) is 5.01. The smallest absolute Gasteiger partial charge is 0.0108 e. The SMILES string of the molecule is c1ccc(C2CCCCC2)c(CCN2CCNCC2)c1. The molecule has 2 heteroatoms. The molecule has 1 aromatic rings. The Kier molecular flexibility index (Phi) is 5.10. The van der Waals surface area contributed by atoms with Crippen LogP contribution in [0.25, 0.3) is 0 Å². The van der Waals surface area contributed by atoms with Crippen LogP contribution >= 0.6 is 0 Å². The first-order valence-electron chi connectivity index (χ1n) is 8.44. The van der Waals surface area contributed by atoms with Gasteiger partial charge in [-0.25, -0.2) is 0 Å². The highest BCUT2D eigenvalue weighted by Crippen LogP contribution is 2.34. The molecule has 0 atom stereocenters. The monoisotopic (exact) mass is 272 g/mol. The van der Waals surface area contributed by atoms with E-state index in [4.69, 9.17) is 0 Å². The second kappa shape index (κ2) is 7.24. The zero-order chi connectivity index (χ0) is 13.6. The highest BCUT2D eigenvalue weighted by Gasteiger charge is 2.18. The Balaban J connectivity index is 1.62. The Bertz CT molecular complexity index is 404. The topological polar surface area (TPSA) is 15.3 Å². The van der Waals surface area contributed by atoms with Crippen LogP contribution in [0.4, 0.5) is 0 Å². The van der Waals surface area contributed by atoms with Crippen molar-refractivity contribution in [1.29, 1.82) is 0 Å². The van der Waals surface area contributed by atoms with Crippen molar-refractivity contribution in [2.24, 2.45) is 0 Å². The van der Waals surface area contributed by atoms with Gasteiger partial charge in [0.1, 0.15) is 0 Å². The van der Waals surface area contributed by atoms with E-state index in [-0.39, 0.29) is 0 Å². The summed E-state index contributed by atoms with van der Waals surface area (Å²) in [5, 5.41) is 3.43. The molecule has 1 aliphatic carbocycles. The molecule has 0 aromatic heterocycles. The van der Waals surface area contributed by atoms with E-state index in [0.717, 1.165) is 19.0 Å². The van der Waals surface area contributed by atoms with Crippen LogP contribution in [0.1, 0.15) is 49.1 Å². The molecule has 0 spiro atoms. The summed E-state index contributed by atoms with van der Waals surface area (Å²) in [5.41, 5.74) is 3.26. The van der Waals surface area contributed by atoms with E-state index < -0.39 is 0 Å². The molecule has 1 aromatic carbocycles. The lowest BCUT2D eigenvalue weighted by Crippen LogP contribution is -2.44. The molecule has 3 rings (SSSR count). The molecule has 1 heterocycles. The minimum Gasteiger partial charge on any atom is -0.314 e. The summed E-state index contributed by atoms with van der Waals surface area (Å²) < 4.78 is 0. The molecule has 2 aliphatic rings. The van der Waals surface area contributed by atoms with E-state index in [9.17, 15) is 0 Å². The summed E-state index contributed by atoms with van der Waals surface area (Å²) in [6, 6.07) is 9.22. The van der Waals surface area contributed by atoms with Gasteiger partial charge in [-0.2, -0.15) is 0 Å². The van der Waals surface area contributed by atoms with Gasteiger partial charge in [0.25, 0.3) is 0 Å². The Labute approximate surface area is 123 Å². The standard InChI is InChI=1S/C18H28N2/c1-2-6-16(7-3-1)18-9-5-4-8-17(18)10-13-20-14-11-19-12-15-20/h4-5,8-9,16,19H,1-3,6-7,10-15H2. The predicted octanol–water partition coefficient (Wildman–Crippen LogP) is 3.18. The predicted molar refractivity (Wildman–Crippen MR) is 85.3 cm³/mol. The average Bonchev–Trinajstić information content (AvgIpc) is 2.55. The minimum atomic E-state index is 0.836.